The maximum absolute atomic E-state index is 2.53. The largest absolute Gasteiger partial charge is 0.0912 e. The molecule has 0 aromatic rings. The average Bonchev–Trinajstić information content (AvgIpc) is 2.50. The van der Waals surface area contributed by atoms with E-state index in [4.69, 9.17) is 0 Å². The lowest BCUT2D eigenvalue weighted by atomic mass is 10.0. The summed E-state index contributed by atoms with van der Waals surface area (Å²) in [6, 6.07) is 1.34. The lowest BCUT2D eigenvalue weighted by Crippen LogP contribution is -2.36. The van der Waals surface area contributed by atoms with Crippen LogP contribution in [-0.4, -0.2) is 8.07 Å². The van der Waals surface area contributed by atoms with Crippen LogP contribution in [0.4, 0.5) is 0 Å². The van der Waals surface area contributed by atoms with Crippen molar-refractivity contribution in [3.8, 4) is 0 Å². The molecular weight excluding hydrogens is 304 g/mol. The van der Waals surface area contributed by atoms with Gasteiger partial charge in [-0.2, -0.15) is 0 Å². The highest BCUT2D eigenvalue weighted by molar-refractivity contribution is 6.80. The molecule has 24 heavy (non-hydrogen) atoms. The van der Waals surface area contributed by atoms with Crippen LogP contribution in [0.2, 0.25) is 24.2 Å². The maximum atomic E-state index is 2.53. The van der Waals surface area contributed by atoms with Crippen molar-refractivity contribution in [1.82, 2.24) is 0 Å². The van der Waals surface area contributed by atoms with Crippen molar-refractivity contribution in [2.45, 2.75) is 135 Å². The number of unbranched alkanes of at least 4 members (excludes halogenated alkanes) is 12. The van der Waals surface area contributed by atoms with Gasteiger partial charge in [-0.1, -0.05) is 124 Å². The second-order valence-corrected chi connectivity index (χ2v) is 15.2. The normalized spacial score (nSPS) is 13.1. The predicted octanol–water partition coefficient (Wildman–Crippen LogP) is 9.14. The first kappa shape index (κ1) is 24.0. The molecule has 0 aliphatic heterocycles. The summed E-state index contributed by atoms with van der Waals surface area (Å²) in [7, 11) is -1.10. The van der Waals surface area contributed by atoms with E-state index in [9.17, 15) is 0 Å². The van der Waals surface area contributed by atoms with Crippen molar-refractivity contribution in [2.24, 2.45) is 0 Å². The smallest absolute Gasteiger partial charge is 0.0565 e. The van der Waals surface area contributed by atoms with E-state index in [1.165, 1.54) is 89.5 Å². The Kier molecular flexibility index (Phi) is 14.1. The van der Waals surface area contributed by atoms with Crippen LogP contribution >= 0.6 is 0 Å². The van der Waals surface area contributed by atoms with E-state index in [-0.39, 0.29) is 0 Å². The maximum Gasteiger partial charge on any atom is 0.0565 e. The zero-order chi connectivity index (χ0) is 18.3. The summed E-state index contributed by atoms with van der Waals surface area (Å²) in [6.07, 6.45) is 23.6. The fourth-order valence-electron chi connectivity index (χ4n) is 2.91. The molecular formula is C23H48Si. The molecule has 0 aromatic carbocycles. The molecule has 0 aliphatic rings. The van der Waals surface area contributed by atoms with Gasteiger partial charge in [0.1, 0.15) is 0 Å². The van der Waals surface area contributed by atoms with Crippen LogP contribution in [0.1, 0.15) is 111 Å². The predicted molar refractivity (Wildman–Crippen MR) is 117 cm³/mol. The molecule has 0 saturated carbocycles. The Morgan fingerprint density at radius 2 is 1.04 bits per heavy atom. The van der Waals surface area contributed by atoms with Crippen LogP contribution in [0.3, 0.4) is 0 Å². The van der Waals surface area contributed by atoms with Crippen molar-refractivity contribution < 1.29 is 0 Å². The third-order valence-corrected chi connectivity index (χ3v) is 11.4. The Morgan fingerprint density at radius 1 is 0.625 bits per heavy atom. The Morgan fingerprint density at radius 3 is 1.46 bits per heavy atom. The van der Waals surface area contributed by atoms with Gasteiger partial charge >= 0.3 is 0 Å². The molecule has 0 radical (unpaired) electrons. The molecule has 1 heteroatoms. The number of hydrogen-bond acceptors (Lipinski definition) is 0. The molecule has 0 nitrogen and oxygen atoms in total. The van der Waals surface area contributed by atoms with Gasteiger partial charge in [-0.15, -0.1) is 0 Å². The summed E-state index contributed by atoms with van der Waals surface area (Å²) in [5, 5.41) is 0.521. The average molecular weight is 353 g/mol. The van der Waals surface area contributed by atoms with Gasteiger partial charge in [-0.05, 0) is 23.9 Å². The van der Waals surface area contributed by atoms with Gasteiger partial charge < -0.3 is 0 Å². The monoisotopic (exact) mass is 352 g/mol. The van der Waals surface area contributed by atoms with Crippen molar-refractivity contribution in [3.05, 3.63) is 12.2 Å². The molecule has 0 unspecified atom stereocenters. The molecule has 0 atom stereocenters. The third kappa shape index (κ3) is 13.3. The number of rotatable bonds is 15. The second-order valence-electron chi connectivity index (χ2n) is 9.49. The molecule has 0 amide bonds. The minimum atomic E-state index is -1.10. The first-order valence-electron chi connectivity index (χ1n) is 11.0. The Bertz CT molecular complexity index is 296. The van der Waals surface area contributed by atoms with Gasteiger partial charge in [0.2, 0.25) is 0 Å². The summed E-state index contributed by atoms with van der Waals surface area (Å²) in [5.41, 5.74) is 0. The van der Waals surface area contributed by atoms with Crippen molar-refractivity contribution in [2.75, 3.05) is 0 Å². The van der Waals surface area contributed by atoms with Crippen LogP contribution in [0.15, 0.2) is 12.2 Å². The Hall–Kier alpha value is -0.0431. The Labute approximate surface area is 155 Å². The second kappa shape index (κ2) is 14.2. The lowest BCUT2D eigenvalue weighted by Gasteiger charge is -2.36. The number of allylic oxidation sites excluding steroid dienone is 2. The molecule has 0 N–H and O–H groups in total. The van der Waals surface area contributed by atoms with E-state index in [2.05, 4.69) is 52.9 Å². The van der Waals surface area contributed by atoms with E-state index >= 15 is 0 Å². The molecule has 0 aliphatic carbocycles. The van der Waals surface area contributed by atoms with E-state index in [0.29, 0.717) is 5.04 Å². The summed E-state index contributed by atoms with van der Waals surface area (Å²) < 4.78 is 0. The first-order valence-corrected chi connectivity index (χ1v) is 14.2. The molecule has 0 aromatic heterocycles. The topological polar surface area (TPSA) is 0 Å². The SMILES string of the molecule is CCCCCCCCCCCCCC/C=C/C[Si](C)(C)C(C)(C)C. The molecule has 0 fully saturated rings. The van der Waals surface area contributed by atoms with E-state index in [1.54, 1.807) is 0 Å². The van der Waals surface area contributed by atoms with Gasteiger partial charge in [-0.3, -0.25) is 0 Å². The minimum absolute atomic E-state index is 0.521. The highest BCUT2D eigenvalue weighted by Crippen LogP contribution is 2.38. The van der Waals surface area contributed by atoms with Gasteiger partial charge in [0.05, 0.1) is 8.07 Å². The van der Waals surface area contributed by atoms with Gasteiger partial charge in [0.25, 0.3) is 0 Å². The number of hydrogen-bond donors (Lipinski definition) is 0. The minimum Gasteiger partial charge on any atom is -0.0912 e. The third-order valence-electron chi connectivity index (χ3n) is 6.05. The van der Waals surface area contributed by atoms with Crippen molar-refractivity contribution in [3.63, 3.8) is 0 Å². The zero-order valence-electron chi connectivity index (χ0n) is 18.1. The van der Waals surface area contributed by atoms with Crippen LogP contribution < -0.4 is 0 Å². The lowest BCUT2D eigenvalue weighted by molar-refractivity contribution is 0.545. The van der Waals surface area contributed by atoms with Gasteiger partial charge in [-0.25, -0.2) is 0 Å². The quantitative estimate of drug-likeness (QED) is 0.156. The van der Waals surface area contributed by atoms with Crippen LogP contribution in [0.25, 0.3) is 0 Å². The standard InChI is InChI=1S/C23H48Si/c1-7-8-9-10-11-12-13-14-15-16-17-18-19-20-21-22-24(5,6)23(2,3)4/h20-21H,7-19,22H2,1-6H3/b21-20+. The van der Waals surface area contributed by atoms with E-state index < -0.39 is 8.07 Å². The molecule has 0 saturated heterocycles. The van der Waals surface area contributed by atoms with Crippen molar-refractivity contribution in [1.29, 1.82) is 0 Å². The summed E-state index contributed by atoms with van der Waals surface area (Å²) >= 11 is 0. The molecule has 0 spiro atoms. The Balaban J connectivity index is 3.35. The highest BCUT2D eigenvalue weighted by atomic mass is 28.3. The van der Waals surface area contributed by atoms with Gasteiger partial charge in [0.15, 0.2) is 0 Å². The van der Waals surface area contributed by atoms with Crippen LogP contribution in [0, 0.1) is 0 Å². The molecule has 0 bridgehead atoms. The fourth-order valence-corrected chi connectivity index (χ4v) is 4.27. The molecule has 0 rings (SSSR count). The van der Waals surface area contributed by atoms with Gasteiger partial charge in [0, 0.05) is 0 Å². The van der Waals surface area contributed by atoms with E-state index in [0.717, 1.165) is 0 Å². The van der Waals surface area contributed by atoms with Crippen LogP contribution in [-0.2, 0) is 0 Å². The van der Waals surface area contributed by atoms with E-state index in [1.807, 2.05) is 0 Å². The first-order chi connectivity index (χ1) is 11.3. The molecule has 0 heterocycles. The molecule has 144 valence electrons. The highest BCUT2D eigenvalue weighted by Gasteiger charge is 2.33. The summed E-state index contributed by atoms with van der Waals surface area (Å²) in [4.78, 5) is 0. The zero-order valence-corrected chi connectivity index (χ0v) is 19.1. The van der Waals surface area contributed by atoms with Crippen molar-refractivity contribution >= 4 is 8.07 Å². The fraction of sp³-hybridized carbons (Fsp3) is 0.913. The summed E-state index contributed by atoms with van der Waals surface area (Å²) in [5.74, 6) is 0. The van der Waals surface area contributed by atoms with Crippen LogP contribution in [0.5, 0.6) is 0 Å². The summed E-state index contributed by atoms with van der Waals surface area (Å²) in [6.45, 7) is 14.6.